The lowest BCUT2D eigenvalue weighted by Crippen LogP contribution is -2.43. The molecule has 4 bridgehead atoms. The number of amides is 1. The minimum atomic E-state index is -1.18. The number of nitrogens with zero attached hydrogens (tertiary/aromatic N) is 4. The third kappa shape index (κ3) is 5.86. The zero-order chi connectivity index (χ0) is 26.8. The highest BCUT2D eigenvalue weighted by Crippen LogP contribution is 2.38. The van der Waals surface area contributed by atoms with E-state index in [1.165, 1.54) is 0 Å². The van der Waals surface area contributed by atoms with Crippen LogP contribution in [0.25, 0.3) is 0 Å². The Morgan fingerprint density at radius 3 is 2.63 bits per heavy atom. The normalized spacial score (nSPS) is 20.1. The van der Waals surface area contributed by atoms with Gasteiger partial charge in [0.2, 0.25) is 5.91 Å². The number of carbonyl (C=O) groups is 1. The lowest BCUT2D eigenvalue weighted by molar-refractivity contribution is -0.138. The highest BCUT2D eigenvalue weighted by Gasteiger charge is 2.41. The number of fused-ring (bicyclic) bond motifs is 3. The quantitative estimate of drug-likeness (QED) is 0.301. The van der Waals surface area contributed by atoms with Crippen LogP contribution in [0.5, 0.6) is 0 Å². The second-order valence-electron chi connectivity index (χ2n) is 12.2. The number of hydrogen-bond donors (Lipinski definition) is 1. The second-order valence-corrected chi connectivity index (χ2v) is 17.8. The molecule has 1 aromatic carbocycles. The Hall–Kier alpha value is -2.97. The molecule has 3 aromatic rings. The highest BCUT2D eigenvalue weighted by molar-refractivity contribution is 6.76. The van der Waals surface area contributed by atoms with Crippen molar-refractivity contribution >= 4 is 25.6 Å². The van der Waals surface area contributed by atoms with Gasteiger partial charge in [0, 0.05) is 25.9 Å². The van der Waals surface area contributed by atoms with Crippen molar-refractivity contribution in [3.05, 3.63) is 71.0 Å². The van der Waals surface area contributed by atoms with Crippen LogP contribution in [-0.4, -0.2) is 40.3 Å². The fourth-order valence-electron chi connectivity index (χ4n) is 5.49. The van der Waals surface area contributed by atoms with Gasteiger partial charge in [0.15, 0.2) is 5.82 Å². The zero-order valence-corrected chi connectivity index (χ0v) is 24.3. The zero-order valence-electron chi connectivity index (χ0n) is 23.3. The van der Waals surface area contributed by atoms with Gasteiger partial charge in [0.05, 0.1) is 24.2 Å². The SMILES string of the molecule is CC1(c2ccccc2)CCCCCc2cccc(n2)Nc2nn(COCC[Si](C)(C)C)c3c2CN(C3)C1=O. The summed E-state index contributed by atoms with van der Waals surface area (Å²) in [6.07, 6.45) is 4.87. The molecule has 1 amide bonds. The molecule has 0 saturated carbocycles. The Labute approximate surface area is 227 Å². The number of aromatic nitrogens is 3. The molecular weight excluding hydrogens is 490 g/mol. The topological polar surface area (TPSA) is 72.3 Å². The molecule has 4 heterocycles. The molecule has 0 saturated heterocycles. The Morgan fingerprint density at radius 2 is 1.84 bits per heavy atom. The Morgan fingerprint density at radius 1 is 1.03 bits per heavy atom. The van der Waals surface area contributed by atoms with E-state index in [0.29, 0.717) is 19.8 Å². The number of anilines is 2. The van der Waals surface area contributed by atoms with Crippen LogP contribution in [-0.2, 0) is 41.2 Å². The van der Waals surface area contributed by atoms with Gasteiger partial charge in [-0.3, -0.25) is 4.79 Å². The maximum absolute atomic E-state index is 14.2. The van der Waals surface area contributed by atoms with Gasteiger partial charge >= 0.3 is 0 Å². The number of rotatable bonds is 6. The number of pyridine rings is 1. The number of aryl methyl sites for hydroxylation is 1. The Bertz CT molecular complexity index is 1270. The number of benzene rings is 1. The van der Waals surface area contributed by atoms with E-state index in [9.17, 15) is 4.79 Å². The van der Waals surface area contributed by atoms with Crippen molar-refractivity contribution < 1.29 is 9.53 Å². The molecule has 5 rings (SSSR count). The van der Waals surface area contributed by atoms with Crippen molar-refractivity contribution in [2.75, 3.05) is 11.9 Å². The van der Waals surface area contributed by atoms with E-state index in [1.807, 2.05) is 33.8 Å². The molecule has 7 nitrogen and oxygen atoms in total. The molecule has 0 radical (unpaired) electrons. The largest absolute Gasteiger partial charge is 0.360 e. The molecule has 0 aliphatic carbocycles. The van der Waals surface area contributed by atoms with E-state index >= 15 is 0 Å². The molecule has 1 atom stereocenters. The maximum atomic E-state index is 14.2. The summed E-state index contributed by atoms with van der Waals surface area (Å²) in [4.78, 5) is 21.1. The first-order valence-electron chi connectivity index (χ1n) is 14.0. The van der Waals surface area contributed by atoms with Gasteiger partial charge in [0.1, 0.15) is 12.5 Å². The molecule has 0 spiro atoms. The third-order valence-electron chi connectivity index (χ3n) is 7.90. The predicted octanol–water partition coefficient (Wildman–Crippen LogP) is 6.25. The summed E-state index contributed by atoms with van der Waals surface area (Å²) in [6, 6.07) is 17.6. The predicted molar refractivity (Wildman–Crippen MR) is 154 cm³/mol. The summed E-state index contributed by atoms with van der Waals surface area (Å²) in [5, 5.41) is 8.37. The minimum absolute atomic E-state index is 0.186. The summed E-state index contributed by atoms with van der Waals surface area (Å²) in [7, 11) is -1.18. The maximum Gasteiger partial charge on any atom is 0.233 e. The first-order chi connectivity index (χ1) is 18.2. The van der Waals surface area contributed by atoms with Crippen molar-refractivity contribution in [2.24, 2.45) is 0 Å². The summed E-state index contributed by atoms with van der Waals surface area (Å²) in [5.41, 5.74) is 3.71. The Balaban J connectivity index is 1.47. The molecule has 202 valence electrons. The fraction of sp³-hybridized carbons (Fsp3) is 0.500. The molecule has 8 heteroatoms. The van der Waals surface area contributed by atoms with Gasteiger partial charge < -0.3 is 15.0 Å². The van der Waals surface area contributed by atoms with E-state index in [2.05, 4.69) is 56.1 Å². The van der Waals surface area contributed by atoms with Crippen molar-refractivity contribution in [1.29, 1.82) is 0 Å². The number of hydrogen-bond acceptors (Lipinski definition) is 5. The molecular formula is C30H41N5O2Si. The standard InChI is InChI=1S/C30H41N5O2Si/c1-30(23-12-7-5-8-13-23)17-10-6-9-14-24-15-11-16-27(31-24)32-28-25-20-34(29(30)36)21-26(25)35(33-28)22-37-18-19-38(2,3)4/h5,7-8,11-13,15-16H,6,9-10,14,17-22H2,1-4H3,(H,31,32,33). The molecule has 1 N–H and O–H groups in total. The summed E-state index contributed by atoms with van der Waals surface area (Å²) < 4.78 is 8.03. The molecule has 2 aliphatic heterocycles. The number of carbonyl (C=O) groups excluding carboxylic acids is 1. The van der Waals surface area contributed by atoms with Crippen molar-refractivity contribution in [2.45, 2.75) is 89.9 Å². The summed E-state index contributed by atoms with van der Waals surface area (Å²) in [5.74, 6) is 1.75. The van der Waals surface area contributed by atoms with Crippen LogP contribution >= 0.6 is 0 Å². The summed E-state index contributed by atoms with van der Waals surface area (Å²) >= 11 is 0. The van der Waals surface area contributed by atoms with Crippen LogP contribution in [0.2, 0.25) is 25.7 Å². The minimum Gasteiger partial charge on any atom is -0.360 e. The van der Waals surface area contributed by atoms with E-state index in [-0.39, 0.29) is 5.91 Å². The van der Waals surface area contributed by atoms with E-state index in [0.717, 1.165) is 78.9 Å². The average molecular weight is 532 g/mol. The molecule has 38 heavy (non-hydrogen) atoms. The van der Waals surface area contributed by atoms with Gasteiger partial charge in [-0.2, -0.15) is 5.10 Å². The number of nitrogens with one attached hydrogen (secondary N) is 1. The lowest BCUT2D eigenvalue weighted by Gasteiger charge is -2.33. The van der Waals surface area contributed by atoms with Crippen molar-refractivity contribution in [1.82, 2.24) is 19.7 Å². The van der Waals surface area contributed by atoms with Crippen molar-refractivity contribution in [3.8, 4) is 0 Å². The van der Waals surface area contributed by atoms with Gasteiger partial charge in [-0.05, 0) is 49.9 Å². The molecule has 2 aliphatic rings. The van der Waals surface area contributed by atoms with Gasteiger partial charge in [-0.25, -0.2) is 9.67 Å². The van der Waals surface area contributed by atoms with E-state index < -0.39 is 13.5 Å². The smallest absolute Gasteiger partial charge is 0.233 e. The van der Waals surface area contributed by atoms with Crippen LogP contribution in [0.4, 0.5) is 11.6 Å². The fourth-order valence-corrected chi connectivity index (χ4v) is 6.24. The Kier molecular flexibility index (Phi) is 7.72. The second kappa shape index (κ2) is 11.0. The third-order valence-corrected chi connectivity index (χ3v) is 9.60. The lowest BCUT2D eigenvalue weighted by atomic mass is 9.76. The molecule has 2 aromatic heterocycles. The van der Waals surface area contributed by atoms with Crippen LogP contribution in [0.15, 0.2) is 48.5 Å². The van der Waals surface area contributed by atoms with Crippen molar-refractivity contribution in [3.63, 3.8) is 0 Å². The first kappa shape index (κ1) is 26.6. The van der Waals surface area contributed by atoms with Crippen LogP contribution in [0.3, 0.4) is 0 Å². The van der Waals surface area contributed by atoms with Crippen LogP contribution < -0.4 is 5.32 Å². The molecule has 0 fully saturated rings. The molecule has 1 unspecified atom stereocenters. The van der Waals surface area contributed by atoms with Crippen LogP contribution in [0.1, 0.15) is 55.1 Å². The van der Waals surface area contributed by atoms with Gasteiger partial charge in [0.25, 0.3) is 0 Å². The van der Waals surface area contributed by atoms with E-state index in [1.54, 1.807) is 0 Å². The average Bonchev–Trinajstić information content (AvgIpc) is 3.46. The van der Waals surface area contributed by atoms with Gasteiger partial charge in [-0.15, -0.1) is 0 Å². The van der Waals surface area contributed by atoms with Gasteiger partial charge in [-0.1, -0.05) is 68.9 Å². The highest BCUT2D eigenvalue weighted by atomic mass is 28.3. The monoisotopic (exact) mass is 531 g/mol. The van der Waals surface area contributed by atoms with E-state index in [4.69, 9.17) is 14.8 Å². The number of ether oxygens (including phenoxy) is 1. The summed E-state index contributed by atoms with van der Waals surface area (Å²) in [6.45, 7) is 11.4. The first-order valence-corrected chi connectivity index (χ1v) is 17.7. The van der Waals surface area contributed by atoms with Crippen LogP contribution in [0, 0.1) is 0 Å².